The number of carbonyl (C=O) groups is 2. The van der Waals surface area contributed by atoms with Gasteiger partial charge in [-0.15, -0.1) is 0 Å². The Morgan fingerprint density at radius 2 is 1.78 bits per heavy atom. The summed E-state index contributed by atoms with van der Waals surface area (Å²) in [7, 11) is 0. The van der Waals surface area contributed by atoms with Gasteiger partial charge in [-0.05, 0) is 75.0 Å². The van der Waals surface area contributed by atoms with E-state index in [9.17, 15) is 30.0 Å². The Morgan fingerprint density at radius 1 is 1.07 bits per heavy atom. The number of aliphatic hydroxyl groups is 4. The van der Waals surface area contributed by atoms with Crippen molar-refractivity contribution < 1.29 is 35.1 Å². The molecule has 0 saturated carbocycles. The van der Waals surface area contributed by atoms with Gasteiger partial charge in [0.2, 0.25) is 5.91 Å². The third-order valence-corrected chi connectivity index (χ3v) is 8.86. The number of unbranched alkanes of at least 4 members (excludes halogenated alkanes) is 5. The molecule has 1 heterocycles. The van der Waals surface area contributed by atoms with Gasteiger partial charge in [-0.1, -0.05) is 87.9 Å². The van der Waals surface area contributed by atoms with Gasteiger partial charge in [0.15, 0.2) is 0 Å². The van der Waals surface area contributed by atoms with Gasteiger partial charge in [0.05, 0.1) is 24.4 Å². The molecule has 5 atom stereocenters. The van der Waals surface area contributed by atoms with E-state index in [0.717, 1.165) is 56.1 Å². The van der Waals surface area contributed by atoms with Crippen molar-refractivity contribution in [1.29, 1.82) is 0 Å². The van der Waals surface area contributed by atoms with Crippen LogP contribution in [0.1, 0.15) is 109 Å². The number of amides is 1. The fraction of sp³-hybridized carbons (Fsp3) is 0.676. The van der Waals surface area contributed by atoms with Crippen molar-refractivity contribution in [3.8, 4) is 0 Å². The van der Waals surface area contributed by atoms with Gasteiger partial charge >= 0.3 is 5.97 Å². The number of allylic oxidation sites excluding steroid dienone is 2. The smallest absolute Gasteiger partial charge is 0.303 e. The average Bonchev–Trinajstić information content (AvgIpc) is 3.42. The van der Waals surface area contributed by atoms with E-state index in [2.05, 4.69) is 29.7 Å². The molecule has 1 saturated heterocycles. The SMILES string of the molecule is CCCCCC(O)C=CC(CCc1ccccc1)=C(CC(O)CO)C(CCCCCCC(=O)O)NCC(C)(O)CC1CCNC1=O. The number of aryl methyl sites for hydroxylation is 1. The number of hydrogen-bond donors (Lipinski definition) is 7. The molecule has 5 unspecified atom stereocenters. The fourth-order valence-electron chi connectivity index (χ4n) is 6.18. The third-order valence-electron chi connectivity index (χ3n) is 8.86. The molecule has 1 aliphatic heterocycles. The van der Waals surface area contributed by atoms with Crippen LogP contribution in [0.15, 0.2) is 53.6 Å². The number of nitrogens with one attached hydrogen (secondary N) is 2. The van der Waals surface area contributed by atoms with Crippen LogP contribution in [0.3, 0.4) is 0 Å². The Kier molecular flexibility index (Phi) is 19.0. The lowest BCUT2D eigenvalue weighted by atomic mass is 9.86. The van der Waals surface area contributed by atoms with E-state index in [0.29, 0.717) is 45.1 Å². The summed E-state index contributed by atoms with van der Waals surface area (Å²) in [6.45, 7) is 4.32. The van der Waals surface area contributed by atoms with Crippen LogP contribution >= 0.6 is 0 Å². The standard InChI is InChI=1S/C37H60N2O7/c1-3-4-8-15-31(41)21-20-29(19-18-28-13-9-7-10-14-28)33(24-32(42)26-40)34(16-11-5-6-12-17-35(43)44)39-27-37(2,46)25-30-22-23-38-36(30)45/h7,9-10,13-14,20-21,30-32,34,39-42,46H,3-6,8,11-12,15-19,22-27H2,1-2H3,(H,38,45)(H,43,44). The molecule has 1 fully saturated rings. The first kappa shape index (κ1) is 39.6. The van der Waals surface area contributed by atoms with Gasteiger partial charge in [-0.25, -0.2) is 0 Å². The van der Waals surface area contributed by atoms with Crippen molar-refractivity contribution in [3.05, 3.63) is 59.2 Å². The zero-order chi connectivity index (χ0) is 33.8. The summed E-state index contributed by atoms with van der Waals surface area (Å²) in [5, 5.41) is 58.2. The molecule has 0 spiro atoms. The highest BCUT2D eigenvalue weighted by molar-refractivity contribution is 5.80. The number of aliphatic carboxylic acids is 1. The summed E-state index contributed by atoms with van der Waals surface area (Å²) in [5.74, 6) is -1.07. The second kappa shape index (κ2) is 22.1. The maximum atomic E-state index is 12.2. The highest BCUT2D eigenvalue weighted by Crippen LogP contribution is 2.28. The lowest BCUT2D eigenvalue weighted by molar-refractivity contribution is -0.137. The van der Waals surface area contributed by atoms with Crippen molar-refractivity contribution >= 4 is 11.9 Å². The van der Waals surface area contributed by atoms with E-state index in [1.165, 1.54) is 5.56 Å². The predicted molar refractivity (Wildman–Crippen MR) is 182 cm³/mol. The molecule has 1 amide bonds. The minimum absolute atomic E-state index is 0.0318. The molecule has 46 heavy (non-hydrogen) atoms. The maximum Gasteiger partial charge on any atom is 0.303 e. The van der Waals surface area contributed by atoms with E-state index < -0.39 is 30.4 Å². The lowest BCUT2D eigenvalue weighted by Crippen LogP contribution is -2.45. The Balaban J connectivity index is 2.41. The molecule has 0 bridgehead atoms. The molecular weight excluding hydrogens is 584 g/mol. The molecule has 0 aliphatic carbocycles. The van der Waals surface area contributed by atoms with Crippen molar-refractivity contribution in [3.63, 3.8) is 0 Å². The van der Waals surface area contributed by atoms with Crippen molar-refractivity contribution in [2.24, 2.45) is 5.92 Å². The Bertz CT molecular complexity index is 1070. The quantitative estimate of drug-likeness (QED) is 0.0590. The molecule has 1 aromatic carbocycles. The molecule has 0 radical (unpaired) electrons. The molecule has 260 valence electrons. The van der Waals surface area contributed by atoms with Crippen LogP contribution in [-0.2, 0) is 16.0 Å². The number of carboxylic acid groups (broad SMARTS) is 1. The van der Waals surface area contributed by atoms with Crippen LogP contribution in [-0.4, -0.2) is 81.0 Å². The van der Waals surface area contributed by atoms with Crippen LogP contribution in [0.5, 0.6) is 0 Å². The minimum atomic E-state index is -1.15. The van der Waals surface area contributed by atoms with Gasteiger partial charge in [-0.3, -0.25) is 9.59 Å². The Morgan fingerprint density at radius 3 is 2.43 bits per heavy atom. The summed E-state index contributed by atoms with van der Waals surface area (Å²) in [5.41, 5.74) is 1.92. The van der Waals surface area contributed by atoms with Gasteiger partial charge in [0.1, 0.15) is 0 Å². The molecule has 2 rings (SSSR count). The number of carbonyl (C=O) groups excluding carboxylic acids is 1. The zero-order valence-corrected chi connectivity index (χ0v) is 28.1. The second-order valence-electron chi connectivity index (χ2n) is 13.3. The normalized spacial score (nSPS) is 19.0. The van der Waals surface area contributed by atoms with Crippen molar-refractivity contribution in [2.75, 3.05) is 19.7 Å². The Labute approximate surface area is 276 Å². The summed E-state index contributed by atoms with van der Waals surface area (Å²) in [6.07, 6.45) is 12.5. The number of hydrogen-bond acceptors (Lipinski definition) is 7. The highest BCUT2D eigenvalue weighted by atomic mass is 16.4. The summed E-state index contributed by atoms with van der Waals surface area (Å²) < 4.78 is 0. The van der Waals surface area contributed by atoms with Crippen molar-refractivity contribution in [1.82, 2.24) is 10.6 Å². The maximum absolute atomic E-state index is 12.2. The number of carboxylic acids is 1. The van der Waals surface area contributed by atoms with Gasteiger partial charge < -0.3 is 36.2 Å². The number of benzene rings is 1. The van der Waals surface area contributed by atoms with Crippen LogP contribution in [0, 0.1) is 5.92 Å². The largest absolute Gasteiger partial charge is 0.481 e. The van der Waals surface area contributed by atoms with Crippen LogP contribution in [0.25, 0.3) is 0 Å². The van der Waals surface area contributed by atoms with Crippen LogP contribution in [0.4, 0.5) is 0 Å². The number of aliphatic hydroxyl groups excluding tert-OH is 3. The minimum Gasteiger partial charge on any atom is -0.481 e. The molecule has 0 aromatic heterocycles. The molecular formula is C37H60N2O7. The molecule has 9 nitrogen and oxygen atoms in total. The van der Waals surface area contributed by atoms with E-state index in [1.54, 1.807) is 6.92 Å². The summed E-state index contributed by atoms with van der Waals surface area (Å²) in [6, 6.07) is 9.89. The van der Waals surface area contributed by atoms with Gasteiger partial charge in [-0.2, -0.15) is 0 Å². The topological polar surface area (TPSA) is 159 Å². The van der Waals surface area contributed by atoms with Crippen molar-refractivity contribution in [2.45, 2.75) is 134 Å². The molecule has 9 heteroatoms. The first-order chi connectivity index (χ1) is 22.0. The van der Waals surface area contributed by atoms with E-state index in [-0.39, 0.29) is 37.3 Å². The third kappa shape index (κ3) is 16.3. The van der Waals surface area contributed by atoms with Crippen LogP contribution < -0.4 is 10.6 Å². The number of rotatable bonds is 25. The Hall–Kier alpha value is -2.56. The summed E-state index contributed by atoms with van der Waals surface area (Å²) in [4.78, 5) is 23.2. The lowest BCUT2D eigenvalue weighted by Gasteiger charge is -2.32. The van der Waals surface area contributed by atoms with E-state index >= 15 is 0 Å². The summed E-state index contributed by atoms with van der Waals surface area (Å²) >= 11 is 0. The first-order valence-electron chi connectivity index (χ1n) is 17.4. The van der Waals surface area contributed by atoms with E-state index in [1.807, 2.05) is 30.4 Å². The van der Waals surface area contributed by atoms with Gasteiger partial charge in [0.25, 0.3) is 0 Å². The predicted octanol–water partition coefficient (Wildman–Crippen LogP) is 4.82. The molecule has 7 N–H and O–H groups in total. The van der Waals surface area contributed by atoms with E-state index in [4.69, 9.17) is 5.11 Å². The average molecular weight is 645 g/mol. The second-order valence-corrected chi connectivity index (χ2v) is 13.3. The molecule has 1 aliphatic rings. The molecule has 1 aromatic rings. The zero-order valence-electron chi connectivity index (χ0n) is 28.1. The fourth-order valence-corrected chi connectivity index (χ4v) is 6.18. The van der Waals surface area contributed by atoms with Gasteiger partial charge in [0, 0.05) is 31.5 Å². The highest BCUT2D eigenvalue weighted by Gasteiger charge is 2.33. The first-order valence-corrected chi connectivity index (χ1v) is 17.4. The van der Waals surface area contributed by atoms with Crippen LogP contribution in [0.2, 0.25) is 0 Å². The monoisotopic (exact) mass is 644 g/mol.